The predicted octanol–water partition coefficient (Wildman–Crippen LogP) is 2.43. The number of hydrogen-bond donors (Lipinski definition) is 2. The number of hydrogen-bond acceptors (Lipinski definition) is 2. The minimum absolute atomic E-state index is 0.197. The van der Waals surface area contributed by atoms with Crippen molar-refractivity contribution in [2.75, 3.05) is 19.6 Å². The monoisotopic (exact) mass is 274 g/mol. The molecular weight excluding hydrogens is 248 g/mol. The van der Waals surface area contributed by atoms with Gasteiger partial charge in [-0.2, -0.15) is 0 Å². The summed E-state index contributed by atoms with van der Waals surface area (Å²) in [5, 5.41) is 6.45. The number of nitrogens with one attached hydrogen (secondary N) is 2. The largest absolute Gasteiger partial charge is 0.356 e. The van der Waals surface area contributed by atoms with Crippen molar-refractivity contribution in [2.45, 2.75) is 39.0 Å². The van der Waals surface area contributed by atoms with Crippen molar-refractivity contribution in [2.24, 2.45) is 5.92 Å². The second-order valence-corrected chi connectivity index (χ2v) is 5.86. The molecule has 1 saturated heterocycles. The van der Waals surface area contributed by atoms with E-state index in [1.165, 1.54) is 24.0 Å². The van der Waals surface area contributed by atoms with Gasteiger partial charge in [-0.3, -0.25) is 4.79 Å². The van der Waals surface area contributed by atoms with Gasteiger partial charge in [0.2, 0.25) is 5.91 Å². The molecule has 3 heteroatoms. The van der Waals surface area contributed by atoms with Gasteiger partial charge in [-0.15, -0.1) is 0 Å². The van der Waals surface area contributed by atoms with Crippen molar-refractivity contribution < 1.29 is 4.79 Å². The van der Waals surface area contributed by atoms with Crippen molar-refractivity contribution in [3.63, 3.8) is 0 Å². The molecule has 0 spiro atoms. The molecule has 1 aromatic rings. The van der Waals surface area contributed by atoms with Crippen molar-refractivity contribution in [1.29, 1.82) is 0 Å². The zero-order valence-electron chi connectivity index (χ0n) is 12.5. The molecule has 0 aliphatic carbocycles. The van der Waals surface area contributed by atoms with Crippen LogP contribution in [0.5, 0.6) is 0 Å². The third-order valence-electron chi connectivity index (χ3n) is 3.98. The minimum Gasteiger partial charge on any atom is -0.356 e. The zero-order valence-corrected chi connectivity index (χ0v) is 12.5. The summed E-state index contributed by atoms with van der Waals surface area (Å²) in [6.45, 7) is 5.10. The Kier molecular flexibility index (Phi) is 6.06. The lowest BCUT2D eigenvalue weighted by Gasteiger charge is -2.22. The first kappa shape index (κ1) is 15.0. The fourth-order valence-electron chi connectivity index (χ4n) is 2.65. The number of amides is 1. The molecule has 110 valence electrons. The van der Waals surface area contributed by atoms with E-state index in [2.05, 4.69) is 41.8 Å². The first-order valence-corrected chi connectivity index (χ1v) is 7.77. The van der Waals surface area contributed by atoms with Crippen LogP contribution in [0.15, 0.2) is 24.3 Å². The predicted molar refractivity (Wildman–Crippen MR) is 82.7 cm³/mol. The second kappa shape index (κ2) is 8.05. The second-order valence-electron chi connectivity index (χ2n) is 5.86. The lowest BCUT2D eigenvalue weighted by atomic mass is 9.99. The van der Waals surface area contributed by atoms with Crippen molar-refractivity contribution >= 4 is 5.91 Å². The Bertz CT molecular complexity index is 408. The van der Waals surface area contributed by atoms with E-state index in [1.807, 2.05) is 0 Å². The third kappa shape index (κ3) is 5.33. The molecule has 0 aromatic heterocycles. The average molecular weight is 274 g/mol. The van der Waals surface area contributed by atoms with Crippen molar-refractivity contribution in [3.8, 4) is 0 Å². The number of carbonyl (C=O) groups is 1. The maximum absolute atomic E-state index is 11.8. The molecule has 1 amide bonds. The van der Waals surface area contributed by atoms with E-state index in [1.54, 1.807) is 0 Å². The van der Waals surface area contributed by atoms with E-state index in [0.717, 1.165) is 32.5 Å². The Labute approximate surface area is 122 Å². The summed E-state index contributed by atoms with van der Waals surface area (Å²) in [6.07, 6.45) is 5.01. The van der Waals surface area contributed by atoms with Gasteiger partial charge >= 0.3 is 0 Å². The zero-order chi connectivity index (χ0) is 14.2. The van der Waals surface area contributed by atoms with Crippen LogP contribution in [0.4, 0.5) is 0 Å². The van der Waals surface area contributed by atoms with Crippen LogP contribution in [0.2, 0.25) is 0 Å². The minimum atomic E-state index is 0.197. The van der Waals surface area contributed by atoms with Crippen LogP contribution in [0.3, 0.4) is 0 Å². The highest BCUT2D eigenvalue weighted by molar-refractivity contribution is 5.75. The summed E-state index contributed by atoms with van der Waals surface area (Å²) in [7, 11) is 0. The Morgan fingerprint density at radius 1 is 1.35 bits per heavy atom. The van der Waals surface area contributed by atoms with Crippen molar-refractivity contribution in [1.82, 2.24) is 10.6 Å². The van der Waals surface area contributed by atoms with Crippen molar-refractivity contribution in [3.05, 3.63) is 35.4 Å². The summed E-state index contributed by atoms with van der Waals surface area (Å²) in [5.41, 5.74) is 2.60. The van der Waals surface area contributed by atoms with Crippen LogP contribution in [-0.4, -0.2) is 25.5 Å². The smallest absolute Gasteiger partial charge is 0.220 e. The number of benzene rings is 1. The van der Waals surface area contributed by atoms with E-state index < -0.39 is 0 Å². The van der Waals surface area contributed by atoms with Gasteiger partial charge < -0.3 is 10.6 Å². The van der Waals surface area contributed by atoms with Crippen LogP contribution < -0.4 is 10.6 Å². The average Bonchev–Trinajstić information content (AvgIpc) is 2.48. The third-order valence-corrected chi connectivity index (χ3v) is 3.98. The van der Waals surface area contributed by atoms with Gasteiger partial charge in [-0.1, -0.05) is 29.8 Å². The highest BCUT2D eigenvalue weighted by atomic mass is 16.1. The molecule has 1 heterocycles. The Morgan fingerprint density at radius 2 is 2.15 bits per heavy atom. The Balaban J connectivity index is 1.58. The molecule has 0 bridgehead atoms. The standard InChI is InChI=1S/C17H26N2O/c1-14-7-9-15(10-8-14)4-2-6-17(20)19-13-16-5-3-11-18-12-16/h7-10,16,18H,2-6,11-13H2,1H3,(H,19,20). The lowest BCUT2D eigenvalue weighted by molar-refractivity contribution is -0.121. The van der Waals surface area contributed by atoms with Crippen LogP contribution in [0.25, 0.3) is 0 Å². The topological polar surface area (TPSA) is 41.1 Å². The summed E-state index contributed by atoms with van der Waals surface area (Å²) in [5.74, 6) is 0.812. The lowest BCUT2D eigenvalue weighted by Crippen LogP contribution is -2.38. The molecule has 2 rings (SSSR count). The molecule has 1 aliphatic rings. The van der Waals surface area contributed by atoms with Gasteiger partial charge in [0.1, 0.15) is 0 Å². The molecular formula is C17H26N2O. The van der Waals surface area contributed by atoms with Gasteiger partial charge in [0.05, 0.1) is 0 Å². The van der Waals surface area contributed by atoms with E-state index in [4.69, 9.17) is 0 Å². The summed E-state index contributed by atoms with van der Waals surface area (Å²) in [4.78, 5) is 11.8. The SMILES string of the molecule is Cc1ccc(CCCC(=O)NCC2CCCNC2)cc1. The van der Waals surface area contributed by atoms with Gasteiger partial charge in [-0.05, 0) is 57.2 Å². The number of rotatable bonds is 6. The highest BCUT2D eigenvalue weighted by Crippen LogP contribution is 2.09. The summed E-state index contributed by atoms with van der Waals surface area (Å²) >= 11 is 0. The first-order chi connectivity index (χ1) is 9.74. The molecule has 3 nitrogen and oxygen atoms in total. The molecule has 1 atom stereocenters. The maximum atomic E-state index is 11.8. The van der Waals surface area contributed by atoms with E-state index in [0.29, 0.717) is 12.3 Å². The van der Waals surface area contributed by atoms with Crippen LogP contribution in [-0.2, 0) is 11.2 Å². The molecule has 0 saturated carbocycles. The molecule has 1 fully saturated rings. The van der Waals surface area contributed by atoms with E-state index >= 15 is 0 Å². The molecule has 2 N–H and O–H groups in total. The Morgan fingerprint density at radius 3 is 2.85 bits per heavy atom. The number of aryl methyl sites for hydroxylation is 2. The van der Waals surface area contributed by atoms with Crippen LogP contribution in [0, 0.1) is 12.8 Å². The molecule has 20 heavy (non-hydrogen) atoms. The quantitative estimate of drug-likeness (QED) is 0.836. The maximum Gasteiger partial charge on any atom is 0.220 e. The fourth-order valence-corrected chi connectivity index (χ4v) is 2.65. The van der Waals surface area contributed by atoms with E-state index in [-0.39, 0.29) is 5.91 Å². The Hall–Kier alpha value is -1.35. The molecule has 1 aliphatic heterocycles. The summed E-state index contributed by atoms with van der Waals surface area (Å²) in [6, 6.07) is 8.57. The molecule has 0 radical (unpaired) electrons. The van der Waals surface area contributed by atoms with Crippen LogP contribution in [0.1, 0.15) is 36.8 Å². The molecule has 1 aromatic carbocycles. The summed E-state index contributed by atoms with van der Waals surface area (Å²) < 4.78 is 0. The molecule has 1 unspecified atom stereocenters. The van der Waals surface area contributed by atoms with Crippen LogP contribution >= 0.6 is 0 Å². The fraction of sp³-hybridized carbons (Fsp3) is 0.588. The van der Waals surface area contributed by atoms with Gasteiger partial charge in [0, 0.05) is 13.0 Å². The van der Waals surface area contributed by atoms with E-state index in [9.17, 15) is 4.79 Å². The van der Waals surface area contributed by atoms with Gasteiger partial charge in [0.15, 0.2) is 0 Å². The van der Waals surface area contributed by atoms with Gasteiger partial charge in [-0.25, -0.2) is 0 Å². The normalized spacial score (nSPS) is 18.8. The number of piperidine rings is 1. The first-order valence-electron chi connectivity index (χ1n) is 7.77. The number of carbonyl (C=O) groups excluding carboxylic acids is 1. The van der Waals surface area contributed by atoms with Gasteiger partial charge in [0.25, 0.3) is 0 Å². The highest BCUT2D eigenvalue weighted by Gasteiger charge is 2.13.